The monoisotopic (exact) mass is 505 g/mol. The summed E-state index contributed by atoms with van der Waals surface area (Å²) in [6.45, 7) is 7.10. The van der Waals surface area contributed by atoms with Crippen molar-refractivity contribution >= 4 is 40.6 Å². The lowest BCUT2D eigenvalue weighted by Crippen LogP contribution is -2.51. The molecule has 0 radical (unpaired) electrons. The van der Waals surface area contributed by atoms with Gasteiger partial charge in [0.2, 0.25) is 17.0 Å². The quantitative estimate of drug-likeness (QED) is 0.302. The van der Waals surface area contributed by atoms with E-state index in [1.807, 2.05) is 44.2 Å². The Labute approximate surface area is 217 Å². The highest BCUT2D eigenvalue weighted by Crippen LogP contribution is 2.29. The zero-order valence-electron chi connectivity index (χ0n) is 21.0. The van der Waals surface area contributed by atoms with Crippen LogP contribution in [0.5, 0.6) is 11.5 Å². The highest BCUT2D eigenvalue weighted by atomic mass is 32.1. The highest BCUT2D eigenvalue weighted by molar-refractivity contribution is 7.80. The second-order valence-electron chi connectivity index (χ2n) is 8.34. The van der Waals surface area contributed by atoms with Crippen LogP contribution in [0.3, 0.4) is 0 Å². The molecule has 2 N–H and O–H groups in total. The molecule has 10 heteroatoms. The number of anilines is 3. The SMILES string of the molecule is COc1ccc(OC)c(NC(=S)/N=C(\Nc2nc(C)cc(C)n2)N2CCN(c3ccccc3)CC2)c1. The van der Waals surface area contributed by atoms with E-state index in [1.54, 1.807) is 14.2 Å². The summed E-state index contributed by atoms with van der Waals surface area (Å²) in [5.41, 5.74) is 3.63. The van der Waals surface area contributed by atoms with Crippen LogP contribution in [0.25, 0.3) is 0 Å². The van der Waals surface area contributed by atoms with E-state index < -0.39 is 0 Å². The van der Waals surface area contributed by atoms with Crippen molar-refractivity contribution in [3.05, 3.63) is 66.0 Å². The van der Waals surface area contributed by atoms with Gasteiger partial charge in [-0.3, -0.25) is 5.32 Å². The van der Waals surface area contributed by atoms with Gasteiger partial charge in [0.25, 0.3) is 0 Å². The number of piperazine rings is 1. The molecule has 1 aromatic heterocycles. The van der Waals surface area contributed by atoms with E-state index in [0.29, 0.717) is 29.1 Å². The minimum absolute atomic E-state index is 0.277. The average molecular weight is 506 g/mol. The number of nitrogens with one attached hydrogen (secondary N) is 2. The molecule has 0 aliphatic carbocycles. The van der Waals surface area contributed by atoms with Gasteiger partial charge in [0.1, 0.15) is 11.5 Å². The van der Waals surface area contributed by atoms with Crippen LogP contribution in [-0.2, 0) is 0 Å². The van der Waals surface area contributed by atoms with Gasteiger partial charge < -0.3 is 24.6 Å². The number of aryl methyl sites for hydroxylation is 2. The summed E-state index contributed by atoms with van der Waals surface area (Å²) < 4.78 is 10.8. The van der Waals surface area contributed by atoms with Crippen molar-refractivity contribution < 1.29 is 9.47 Å². The molecule has 0 saturated carbocycles. The third-order valence-corrected chi connectivity index (χ3v) is 5.96. The molecule has 0 amide bonds. The summed E-state index contributed by atoms with van der Waals surface area (Å²) >= 11 is 5.62. The maximum atomic E-state index is 5.62. The van der Waals surface area contributed by atoms with Gasteiger partial charge in [0, 0.05) is 49.3 Å². The average Bonchev–Trinajstić information content (AvgIpc) is 2.88. The van der Waals surface area contributed by atoms with Crippen molar-refractivity contribution in [1.29, 1.82) is 0 Å². The van der Waals surface area contributed by atoms with E-state index in [2.05, 4.69) is 54.7 Å². The number of guanidine groups is 1. The molecule has 1 fully saturated rings. The number of rotatable bonds is 5. The van der Waals surface area contributed by atoms with Gasteiger partial charge in [-0.2, -0.15) is 4.99 Å². The van der Waals surface area contributed by atoms with Gasteiger partial charge in [-0.15, -0.1) is 0 Å². The topological polar surface area (TPSA) is 87.1 Å². The normalized spacial score (nSPS) is 13.8. The summed E-state index contributed by atoms with van der Waals surface area (Å²) in [4.78, 5) is 18.3. The first-order valence-electron chi connectivity index (χ1n) is 11.7. The minimum atomic E-state index is 0.277. The predicted octanol–water partition coefficient (Wildman–Crippen LogP) is 4.10. The van der Waals surface area contributed by atoms with Crippen LogP contribution in [0.1, 0.15) is 11.4 Å². The van der Waals surface area contributed by atoms with Gasteiger partial charge in [-0.25, -0.2) is 9.97 Å². The smallest absolute Gasteiger partial charge is 0.229 e. The van der Waals surface area contributed by atoms with E-state index in [-0.39, 0.29) is 5.11 Å². The maximum Gasteiger partial charge on any atom is 0.229 e. The number of hydrogen-bond acceptors (Lipinski definition) is 6. The van der Waals surface area contributed by atoms with Crippen LogP contribution in [0.2, 0.25) is 0 Å². The molecule has 2 heterocycles. The number of hydrogen-bond donors (Lipinski definition) is 2. The largest absolute Gasteiger partial charge is 0.497 e. The van der Waals surface area contributed by atoms with Gasteiger partial charge >= 0.3 is 0 Å². The Balaban J connectivity index is 1.56. The zero-order chi connectivity index (χ0) is 25.5. The minimum Gasteiger partial charge on any atom is -0.497 e. The summed E-state index contributed by atoms with van der Waals surface area (Å²) in [6.07, 6.45) is 0. The highest BCUT2D eigenvalue weighted by Gasteiger charge is 2.22. The fourth-order valence-electron chi connectivity index (χ4n) is 4.03. The van der Waals surface area contributed by atoms with E-state index >= 15 is 0 Å². The van der Waals surface area contributed by atoms with Crippen molar-refractivity contribution in [2.75, 3.05) is 55.9 Å². The lowest BCUT2D eigenvalue weighted by molar-refractivity contribution is 0.385. The fraction of sp³-hybridized carbons (Fsp3) is 0.308. The van der Waals surface area contributed by atoms with Gasteiger partial charge in [-0.1, -0.05) is 18.2 Å². The van der Waals surface area contributed by atoms with E-state index in [4.69, 9.17) is 26.7 Å². The molecule has 4 rings (SSSR count). The molecule has 0 unspecified atom stereocenters. The number of aromatic nitrogens is 2. The summed E-state index contributed by atoms with van der Waals surface area (Å²) in [7, 11) is 3.22. The predicted molar refractivity (Wildman–Crippen MR) is 149 cm³/mol. The Bertz CT molecular complexity index is 1210. The van der Waals surface area contributed by atoms with E-state index in [9.17, 15) is 0 Å². The van der Waals surface area contributed by atoms with Gasteiger partial charge in [0.05, 0.1) is 19.9 Å². The number of ether oxygens (including phenoxy) is 2. The molecule has 2 aromatic carbocycles. The second kappa shape index (κ2) is 11.7. The lowest BCUT2D eigenvalue weighted by Gasteiger charge is -2.37. The first kappa shape index (κ1) is 25.2. The first-order chi connectivity index (χ1) is 17.4. The summed E-state index contributed by atoms with van der Waals surface area (Å²) in [5, 5.41) is 6.75. The Kier molecular flexibility index (Phi) is 8.17. The van der Waals surface area contributed by atoms with Crippen molar-refractivity contribution in [2.24, 2.45) is 4.99 Å². The van der Waals surface area contributed by atoms with Crippen molar-refractivity contribution in [1.82, 2.24) is 14.9 Å². The molecule has 1 aliphatic heterocycles. The lowest BCUT2D eigenvalue weighted by atomic mass is 10.2. The standard InChI is InChI=1S/C26H31N7O2S/c1-18-16-19(2)28-24(27-18)30-25(33-14-12-32(13-15-33)20-8-6-5-7-9-20)31-26(36)29-22-17-21(34-3)10-11-23(22)35-4/h5-11,16-17H,12-15H2,1-4H3,(H2,27,28,29,30,31,36). The molecule has 0 bridgehead atoms. The number of thiocarbonyl (C=S) groups is 1. The molecule has 0 spiro atoms. The molecule has 3 aromatic rings. The Morgan fingerprint density at radius 3 is 2.22 bits per heavy atom. The van der Waals surface area contributed by atoms with Crippen LogP contribution < -0.4 is 25.0 Å². The summed E-state index contributed by atoms with van der Waals surface area (Å²) in [5.74, 6) is 2.40. The molecule has 1 saturated heterocycles. The van der Waals surface area contributed by atoms with Crippen molar-refractivity contribution in [3.63, 3.8) is 0 Å². The van der Waals surface area contributed by atoms with Crippen molar-refractivity contribution in [2.45, 2.75) is 13.8 Å². The number of aliphatic imine (C=N–C) groups is 1. The van der Waals surface area contributed by atoms with Gasteiger partial charge in [0.15, 0.2) is 0 Å². The van der Waals surface area contributed by atoms with Crippen LogP contribution in [0.4, 0.5) is 17.3 Å². The van der Waals surface area contributed by atoms with Gasteiger partial charge in [-0.05, 0) is 56.4 Å². The molecule has 36 heavy (non-hydrogen) atoms. The van der Waals surface area contributed by atoms with Crippen LogP contribution in [-0.4, -0.2) is 66.3 Å². The van der Waals surface area contributed by atoms with Crippen LogP contribution >= 0.6 is 12.2 Å². The van der Waals surface area contributed by atoms with Crippen LogP contribution in [0.15, 0.2) is 59.6 Å². The third kappa shape index (κ3) is 6.39. The second-order valence-corrected chi connectivity index (χ2v) is 8.73. The van der Waals surface area contributed by atoms with E-state index in [0.717, 1.165) is 37.6 Å². The molecule has 9 nitrogen and oxygen atoms in total. The maximum absolute atomic E-state index is 5.62. The number of benzene rings is 2. The number of nitrogens with zero attached hydrogens (tertiary/aromatic N) is 5. The number of para-hydroxylation sites is 1. The van der Waals surface area contributed by atoms with Crippen molar-refractivity contribution in [3.8, 4) is 11.5 Å². The molecular formula is C26H31N7O2S. The molecule has 188 valence electrons. The molecular weight excluding hydrogens is 474 g/mol. The van der Waals surface area contributed by atoms with E-state index in [1.165, 1.54) is 5.69 Å². The Morgan fingerprint density at radius 2 is 1.58 bits per heavy atom. The third-order valence-electron chi connectivity index (χ3n) is 5.76. The Hall–Kier alpha value is -3.92. The summed E-state index contributed by atoms with van der Waals surface area (Å²) in [6, 6.07) is 17.8. The number of methoxy groups -OCH3 is 2. The fourth-order valence-corrected chi connectivity index (χ4v) is 4.22. The van der Waals surface area contributed by atoms with Crippen LogP contribution in [0, 0.1) is 13.8 Å². The Morgan fingerprint density at radius 1 is 0.889 bits per heavy atom. The zero-order valence-corrected chi connectivity index (χ0v) is 21.8. The first-order valence-corrected chi connectivity index (χ1v) is 12.1. The molecule has 1 aliphatic rings. The molecule has 0 atom stereocenters.